The van der Waals surface area contributed by atoms with Gasteiger partial charge in [0.15, 0.2) is 0 Å². The number of halogens is 2. The predicted molar refractivity (Wildman–Crippen MR) is 82.4 cm³/mol. The highest BCUT2D eigenvalue weighted by molar-refractivity contribution is 9.10. The standard InChI is InChI=1S/C15H14BrFN2O/c1-8-4-3-5-9(2)14(8)19-15(20)10-6-13(18)12(17)7-11(10)16/h3-7H,18H2,1-2H3,(H,19,20). The van der Waals surface area contributed by atoms with Crippen molar-refractivity contribution in [3.05, 3.63) is 57.3 Å². The number of rotatable bonds is 2. The van der Waals surface area contributed by atoms with Gasteiger partial charge in [0.05, 0.1) is 11.3 Å². The van der Waals surface area contributed by atoms with Crippen LogP contribution in [0.1, 0.15) is 21.5 Å². The van der Waals surface area contributed by atoms with Gasteiger partial charge in [0.25, 0.3) is 5.91 Å². The van der Waals surface area contributed by atoms with Gasteiger partial charge in [-0.3, -0.25) is 4.79 Å². The lowest BCUT2D eigenvalue weighted by atomic mass is 10.1. The summed E-state index contributed by atoms with van der Waals surface area (Å²) in [6.07, 6.45) is 0. The molecule has 0 aliphatic carbocycles. The molecule has 3 nitrogen and oxygen atoms in total. The van der Waals surface area contributed by atoms with Crippen molar-refractivity contribution in [1.29, 1.82) is 0 Å². The lowest BCUT2D eigenvalue weighted by molar-refractivity contribution is 0.102. The third kappa shape index (κ3) is 2.82. The van der Waals surface area contributed by atoms with E-state index in [0.717, 1.165) is 16.8 Å². The molecular weight excluding hydrogens is 323 g/mol. The number of amides is 1. The van der Waals surface area contributed by atoms with Crippen molar-refractivity contribution >= 4 is 33.2 Å². The normalized spacial score (nSPS) is 10.4. The number of nitrogens with two attached hydrogens (primary N) is 1. The number of benzene rings is 2. The molecule has 2 aromatic rings. The molecule has 5 heteroatoms. The Morgan fingerprint density at radius 3 is 2.45 bits per heavy atom. The number of para-hydroxylation sites is 1. The fourth-order valence-electron chi connectivity index (χ4n) is 1.93. The molecule has 0 heterocycles. The van der Waals surface area contributed by atoms with Crippen LogP contribution in [0.15, 0.2) is 34.8 Å². The molecule has 0 atom stereocenters. The van der Waals surface area contributed by atoms with Crippen molar-refractivity contribution < 1.29 is 9.18 Å². The van der Waals surface area contributed by atoms with Crippen molar-refractivity contribution in [3.63, 3.8) is 0 Å². The van der Waals surface area contributed by atoms with Crippen LogP contribution in [0.4, 0.5) is 15.8 Å². The van der Waals surface area contributed by atoms with Crippen LogP contribution >= 0.6 is 15.9 Å². The summed E-state index contributed by atoms with van der Waals surface area (Å²) in [5.41, 5.74) is 8.43. The summed E-state index contributed by atoms with van der Waals surface area (Å²) in [6, 6.07) is 8.26. The first-order chi connectivity index (χ1) is 9.40. The SMILES string of the molecule is Cc1cccc(C)c1NC(=O)c1cc(N)c(F)cc1Br. The van der Waals surface area contributed by atoms with Crippen molar-refractivity contribution in [3.8, 4) is 0 Å². The van der Waals surface area contributed by atoms with E-state index < -0.39 is 5.82 Å². The second-order valence-corrected chi connectivity index (χ2v) is 5.43. The first-order valence-corrected chi connectivity index (χ1v) is 6.81. The third-order valence-electron chi connectivity index (χ3n) is 3.05. The maximum Gasteiger partial charge on any atom is 0.256 e. The fraction of sp³-hybridized carbons (Fsp3) is 0.133. The highest BCUT2D eigenvalue weighted by Gasteiger charge is 2.15. The molecule has 0 radical (unpaired) electrons. The average Bonchev–Trinajstić information content (AvgIpc) is 2.38. The van der Waals surface area contributed by atoms with E-state index in [1.54, 1.807) is 0 Å². The van der Waals surface area contributed by atoms with E-state index in [1.807, 2.05) is 32.0 Å². The summed E-state index contributed by atoms with van der Waals surface area (Å²) in [5.74, 6) is -0.888. The molecule has 20 heavy (non-hydrogen) atoms. The lowest BCUT2D eigenvalue weighted by Gasteiger charge is -2.12. The van der Waals surface area contributed by atoms with Crippen LogP contribution in [-0.4, -0.2) is 5.91 Å². The molecule has 0 spiro atoms. The summed E-state index contributed by atoms with van der Waals surface area (Å²) in [5, 5.41) is 2.84. The molecule has 0 saturated carbocycles. The van der Waals surface area contributed by atoms with Gasteiger partial charge in [-0.2, -0.15) is 0 Å². The van der Waals surface area contributed by atoms with Crippen LogP contribution in [-0.2, 0) is 0 Å². The Kier molecular flexibility index (Phi) is 4.09. The van der Waals surface area contributed by atoms with E-state index >= 15 is 0 Å². The number of aryl methyl sites for hydroxylation is 2. The zero-order valence-corrected chi connectivity index (χ0v) is 12.7. The van der Waals surface area contributed by atoms with Gasteiger partial charge in [0.1, 0.15) is 5.82 Å². The minimum atomic E-state index is -0.555. The highest BCUT2D eigenvalue weighted by atomic mass is 79.9. The van der Waals surface area contributed by atoms with Crippen molar-refractivity contribution in [2.75, 3.05) is 11.1 Å². The number of nitrogens with one attached hydrogen (secondary N) is 1. The molecule has 1 amide bonds. The van der Waals surface area contributed by atoms with E-state index in [9.17, 15) is 9.18 Å². The van der Waals surface area contributed by atoms with Crippen LogP contribution in [0.2, 0.25) is 0 Å². The maximum absolute atomic E-state index is 13.3. The van der Waals surface area contributed by atoms with Gasteiger partial charge in [-0.1, -0.05) is 18.2 Å². The molecule has 104 valence electrons. The number of hydrogen-bond acceptors (Lipinski definition) is 2. The quantitative estimate of drug-likeness (QED) is 0.813. The minimum Gasteiger partial charge on any atom is -0.396 e. The van der Waals surface area contributed by atoms with Crippen molar-refractivity contribution in [2.24, 2.45) is 0 Å². The Morgan fingerprint density at radius 1 is 1.25 bits per heavy atom. The van der Waals surface area contributed by atoms with Crippen LogP contribution in [0, 0.1) is 19.7 Å². The van der Waals surface area contributed by atoms with Crippen LogP contribution in [0.5, 0.6) is 0 Å². The molecule has 2 rings (SSSR count). The number of hydrogen-bond donors (Lipinski definition) is 2. The summed E-state index contributed by atoms with van der Waals surface area (Å²) in [7, 11) is 0. The van der Waals surface area contributed by atoms with Gasteiger partial charge >= 0.3 is 0 Å². The molecule has 0 aliphatic heterocycles. The van der Waals surface area contributed by atoms with Gasteiger partial charge < -0.3 is 11.1 Å². The Bertz CT molecular complexity index is 666. The van der Waals surface area contributed by atoms with Crippen molar-refractivity contribution in [2.45, 2.75) is 13.8 Å². The second kappa shape index (κ2) is 5.63. The van der Waals surface area contributed by atoms with Gasteiger partial charge in [-0.25, -0.2) is 4.39 Å². The average molecular weight is 337 g/mol. The Hall–Kier alpha value is -1.88. The Balaban J connectivity index is 2.36. The molecule has 2 aromatic carbocycles. The van der Waals surface area contributed by atoms with Crippen molar-refractivity contribution in [1.82, 2.24) is 0 Å². The summed E-state index contributed by atoms with van der Waals surface area (Å²) >= 11 is 3.18. The van der Waals surface area contributed by atoms with Crippen LogP contribution in [0.25, 0.3) is 0 Å². The molecule has 0 fully saturated rings. The Labute approximate surface area is 125 Å². The Morgan fingerprint density at radius 2 is 1.85 bits per heavy atom. The number of carbonyl (C=O) groups is 1. The van der Waals surface area contributed by atoms with Gasteiger partial charge in [0, 0.05) is 10.2 Å². The molecular formula is C15H14BrFN2O. The smallest absolute Gasteiger partial charge is 0.256 e. The zero-order chi connectivity index (χ0) is 14.9. The first-order valence-electron chi connectivity index (χ1n) is 6.02. The molecule has 0 saturated heterocycles. The van der Waals surface area contributed by atoms with Gasteiger partial charge in [-0.05, 0) is 53.0 Å². The maximum atomic E-state index is 13.3. The molecule has 0 unspecified atom stereocenters. The monoisotopic (exact) mass is 336 g/mol. The lowest BCUT2D eigenvalue weighted by Crippen LogP contribution is -2.15. The van der Waals surface area contributed by atoms with Crippen LogP contribution in [0.3, 0.4) is 0 Å². The molecule has 0 bridgehead atoms. The van der Waals surface area contributed by atoms with E-state index in [1.165, 1.54) is 12.1 Å². The minimum absolute atomic E-state index is 0.0557. The zero-order valence-electron chi connectivity index (χ0n) is 11.1. The fourth-order valence-corrected chi connectivity index (χ4v) is 2.43. The molecule has 0 aromatic heterocycles. The third-order valence-corrected chi connectivity index (χ3v) is 3.71. The molecule has 3 N–H and O–H groups in total. The van der Waals surface area contributed by atoms with E-state index in [-0.39, 0.29) is 11.6 Å². The number of carbonyl (C=O) groups excluding carboxylic acids is 1. The van der Waals surface area contributed by atoms with E-state index in [0.29, 0.717) is 10.0 Å². The van der Waals surface area contributed by atoms with E-state index in [4.69, 9.17) is 5.73 Å². The van der Waals surface area contributed by atoms with Gasteiger partial charge in [-0.15, -0.1) is 0 Å². The number of anilines is 2. The summed E-state index contributed by atoms with van der Waals surface area (Å²) in [4.78, 5) is 12.3. The number of nitrogen functional groups attached to an aromatic ring is 1. The van der Waals surface area contributed by atoms with E-state index in [2.05, 4.69) is 21.2 Å². The second-order valence-electron chi connectivity index (χ2n) is 4.57. The summed E-state index contributed by atoms with van der Waals surface area (Å²) < 4.78 is 13.7. The van der Waals surface area contributed by atoms with Gasteiger partial charge in [0.2, 0.25) is 0 Å². The molecule has 0 aliphatic rings. The van der Waals surface area contributed by atoms with Crippen LogP contribution < -0.4 is 11.1 Å². The predicted octanol–water partition coefficient (Wildman–Crippen LogP) is 4.04. The largest absolute Gasteiger partial charge is 0.396 e. The summed E-state index contributed by atoms with van der Waals surface area (Å²) in [6.45, 7) is 3.83. The highest BCUT2D eigenvalue weighted by Crippen LogP contribution is 2.25. The first kappa shape index (κ1) is 14.5. The topological polar surface area (TPSA) is 55.1 Å².